The van der Waals surface area contributed by atoms with Crippen molar-refractivity contribution in [2.45, 2.75) is 13.8 Å². The molecule has 0 atom stereocenters. The van der Waals surface area contributed by atoms with Crippen LogP contribution < -0.4 is 10.6 Å². The van der Waals surface area contributed by atoms with Crippen LogP contribution in [0.1, 0.15) is 11.1 Å². The van der Waals surface area contributed by atoms with Gasteiger partial charge in [-0.25, -0.2) is 4.98 Å². The fourth-order valence-corrected chi connectivity index (χ4v) is 2.57. The molecule has 0 bridgehead atoms. The van der Waals surface area contributed by atoms with E-state index in [4.69, 9.17) is 0 Å². The summed E-state index contributed by atoms with van der Waals surface area (Å²) in [5.41, 5.74) is 3.50. The Morgan fingerprint density at radius 1 is 1.06 bits per heavy atom. The Morgan fingerprint density at radius 3 is 2.28 bits per heavy atom. The number of hydrogen-bond donors (Lipinski definition) is 2. The van der Waals surface area contributed by atoms with Crippen molar-refractivity contribution in [1.29, 1.82) is 0 Å². The topological polar surface area (TPSA) is 37.0 Å². The van der Waals surface area contributed by atoms with Crippen molar-refractivity contribution < 1.29 is 0 Å². The average molecular weight is 306 g/mol. The van der Waals surface area contributed by atoms with E-state index in [2.05, 4.69) is 57.5 Å². The van der Waals surface area contributed by atoms with Crippen LogP contribution in [0.5, 0.6) is 0 Å². The summed E-state index contributed by atoms with van der Waals surface area (Å²) in [6.45, 7) is 4.17. The van der Waals surface area contributed by atoms with Crippen LogP contribution in [-0.2, 0) is 0 Å². The van der Waals surface area contributed by atoms with E-state index in [1.165, 1.54) is 11.1 Å². The van der Waals surface area contributed by atoms with Crippen molar-refractivity contribution in [3.05, 3.63) is 45.9 Å². The molecule has 3 nitrogen and oxygen atoms in total. The molecular formula is C14H16BrN3. The summed E-state index contributed by atoms with van der Waals surface area (Å²) in [6, 6.07) is 10.1. The van der Waals surface area contributed by atoms with Gasteiger partial charge in [0, 0.05) is 17.2 Å². The summed E-state index contributed by atoms with van der Waals surface area (Å²) in [5.74, 6) is 1.70. The molecule has 0 aliphatic rings. The zero-order valence-corrected chi connectivity index (χ0v) is 12.3. The predicted octanol–water partition coefficient (Wildman–Crippen LogP) is 4.25. The number of aromatic nitrogens is 1. The summed E-state index contributed by atoms with van der Waals surface area (Å²) in [6.07, 6.45) is 0. The van der Waals surface area contributed by atoms with Crippen LogP contribution in [-0.4, -0.2) is 12.0 Å². The lowest BCUT2D eigenvalue weighted by Crippen LogP contribution is -2.00. The summed E-state index contributed by atoms with van der Waals surface area (Å²) in [4.78, 5) is 4.46. The van der Waals surface area contributed by atoms with E-state index in [-0.39, 0.29) is 0 Å². The molecule has 0 spiro atoms. The maximum Gasteiger partial charge on any atom is 0.132 e. The molecule has 0 unspecified atom stereocenters. The van der Waals surface area contributed by atoms with Crippen LogP contribution in [0, 0.1) is 13.8 Å². The lowest BCUT2D eigenvalue weighted by molar-refractivity contribution is 1.25. The van der Waals surface area contributed by atoms with E-state index in [9.17, 15) is 0 Å². The van der Waals surface area contributed by atoms with Gasteiger partial charge in [0.05, 0.1) is 0 Å². The van der Waals surface area contributed by atoms with Crippen molar-refractivity contribution >= 4 is 33.3 Å². The molecule has 0 radical (unpaired) electrons. The molecule has 18 heavy (non-hydrogen) atoms. The third-order valence-corrected chi connectivity index (χ3v) is 3.21. The van der Waals surface area contributed by atoms with E-state index in [1.807, 2.05) is 25.2 Å². The number of hydrogen-bond acceptors (Lipinski definition) is 3. The van der Waals surface area contributed by atoms with Gasteiger partial charge in [0.15, 0.2) is 0 Å². The van der Waals surface area contributed by atoms with Gasteiger partial charge >= 0.3 is 0 Å². The van der Waals surface area contributed by atoms with Crippen LogP contribution in [0.4, 0.5) is 17.3 Å². The monoisotopic (exact) mass is 305 g/mol. The Morgan fingerprint density at radius 2 is 1.67 bits per heavy atom. The molecule has 0 aliphatic carbocycles. The van der Waals surface area contributed by atoms with Crippen molar-refractivity contribution in [2.24, 2.45) is 0 Å². The average Bonchev–Trinajstić information content (AvgIpc) is 2.34. The van der Waals surface area contributed by atoms with Crippen LogP contribution in [0.15, 0.2) is 34.8 Å². The first-order chi connectivity index (χ1) is 8.60. The number of rotatable bonds is 3. The lowest BCUT2D eigenvalue weighted by atomic mass is 10.1. The smallest absolute Gasteiger partial charge is 0.132 e. The molecular weight excluding hydrogens is 290 g/mol. The molecule has 4 heteroatoms. The third kappa shape index (κ3) is 2.82. The first-order valence-electron chi connectivity index (χ1n) is 5.78. The molecule has 0 amide bonds. The minimum atomic E-state index is 0.843. The van der Waals surface area contributed by atoms with Crippen LogP contribution in [0.2, 0.25) is 0 Å². The van der Waals surface area contributed by atoms with Gasteiger partial charge in [0.1, 0.15) is 11.6 Å². The highest BCUT2D eigenvalue weighted by Crippen LogP contribution is 2.27. The molecule has 2 aromatic rings. The normalized spacial score (nSPS) is 10.2. The van der Waals surface area contributed by atoms with Crippen LogP contribution in [0.3, 0.4) is 0 Å². The zero-order valence-electron chi connectivity index (χ0n) is 10.7. The minimum Gasteiger partial charge on any atom is -0.373 e. The molecule has 1 aromatic heterocycles. The third-order valence-electron chi connectivity index (χ3n) is 2.76. The second kappa shape index (κ2) is 5.40. The minimum absolute atomic E-state index is 0.843. The fourth-order valence-electron chi connectivity index (χ4n) is 1.88. The summed E-state index contributed by atoms with van der Waals surface area (Å²) in [5, 5.41) is 6.40. The SMILES string of the molecule is CNc1cccc(Nc2c(C)cc(Br)cc2C)n1. The Labute approximate surface area is 116 Å². The van der Waals surface area contributed by atoms with Gasteiger partial charge in [-0.05, 0) is 49.2 Å². The number of anilines is 3. The highest BCUT2D eigenvalue weighted by Gasteiger charge is 2.05. The molecule has 0 aliphatic heterocycles. The summed E-state index contributed by atoms with van der Waals surface area (Å²) < 4.78 is 1.10. The van der Waals surface area contributed by atoms with Crippen molar-refractivity contribution in [3.8, 4) is 0 Å². The quantitative estimate of drug-likeness (QED) is 0.890. The Balaban J connectivity index is 2.33. The standard InChI is InChI=1S/C14H16BrN3/c1-9-7-11(15)8-10(2)14(9)18-13-6-4-5-12(16-3)17-13/h4-8H,1-3H3,(H2,16,17,18). The summed E-state index contributed by atoms with van der Waals surface area (Å²) >= 11 is 3.50. The number of nitrogens with zero attached hydrogens (tertiary/aromatic N) is 1. The fraction of sp³-hybridized carbons (Fsp3) is 0.214. The van der Waals surface area contributed by atoms with Gasteiger partial charge in [-0.15, -0.1) is 0 Å². The van der Waals surface area contributed by atoms with E-state index in [1.54, 1.807) is 0 Å². The van der Waals surface area contributed by atoms with E-state index >= 15 is 0 Å². The summed E-state index contributed by atoms with van der Waals surface area (Å²) in [7, 11) is 1.86. The van der Waals surface area contributed by atoms with Gasteiger partial charge in [-0.2, -0.15) is 0 Å². The molecule has 0 saturated heterocycles. The van der Waals surface area contributed by atoms with E-state index in [0.717, 1.165) is 21.8 Å². The maximum absolute atomic E-state index is 4.46. The highest BCUT2D eigenvalue weighted by atomic mass is 79.9. The number of pyridine rings is 1. The molecule has 0 fully saturated rings. The van der Waals surface area contributed by atoms with Crippen LogP contribution >= 0.6 is 15.9 Å². The van der Waals surface area contributed by atoms with Crippen molar-refractivity contribution in [3.63, 3.8) is 0 Å². The molecule has 94 valence electrons. The first-order valence-corrected chi connectivity index (χ1v) is 6.58. The highest BCUT2D eigenvalue weighted by molar-refractivity contribution is 9.10. The second-order valence-corrected chi connectivity index (χ2v) is 5.11. The number of aryl methyl sites for hydroxylation is 2. The molecule has 2 rings (SSSR count). The largest absolute Gasteiger partial charge is 0.373 e. The van der Waals surface area contributed by atoms with Gasteiger partial charge in [0.25, 0.3) is 0 Å². The predicted molar refractivity (Wildman–Crippen MR) is 80.7 cm³/mol. The second-order valence-electron chi connectivity index (χ2n) is 4.20. The number of nitrogens with one attached hydrogen (secondary N) is 2. The first kappa shape index (κ1) is 12.9. The molecule has 1 aromatic carbocycles. The molecule has 1 heterocycles. The van der Waals surface area contributed by atoms with Crippen LogP contribution in [0.25, 0.3) is 0 Å². The molecule has 2 N–H and O–H groups in total. The van der Waals surface area contributed by atoms with Gasteiger partial charge in [-0.3, -0.25) is 0 Å². The van der Waals surface area contributed by atoms with Gasteiger partial charge < -0.3 is 10.6 Å². The lowest BCUT2D eigenvalue weighted by Gasteiger charge is -2.13. The van der Waals surface area contributed by atoms with E-state index in [0.29, 0.717) is 0 Å². The van der Waals surface area contributed by atoms with E-state index < -0.39 is 0 Å². The maximum atomic E-state index is 4.46. The van der Waals surface area contributed by atoms with Gasteiger partial charge in [0.2, 0.25) is 0 Å². The van der Waals surface area contributed by atoms with Crippen molar-refractivity contribution in [1.82, 2.24) is 4.98 Å². The van der Waals surface area contributed by atoms with Crippen molar-refractivity contribution in [2.75, 3.05) is 17.7 Å². The Kier molecular flexibility index (Phi) is 3.87. The number of benzene rings is 1. The number of halogens is 1. The zero-order chi connectivity index (χ0) is 13.1. The Hall–Kier alpha value is -1.55. The Bertz CT molecular complexity index is 544. The van der Waals surface area contributed by atoms with Gasteiger partial charge in [-0.1, -0.05) is 22.0 Å². The molecule has 0 saturated carbocycles.